The van der Waals surface area contributed by atoms with Crippen LogP contribution in [0.3, 0.4) is 0 Å². The molecule has 1 aromatic heterocycles. The van der Waals surface area contributed by atoms with Gasteiger partial charge in [0.05, 0.1) is 7.11 Å². The van der Waals surface area contributed by atoms with E-state index in [-0.39, 0.29) is 11.5 Å². The van der Waals surface area contributed by atoms with E-state index in [1.807, 2.05) is 0 Å². The normalized spacial score (nSPS) is 14.0. The lowest BCUT2D eigenvalue weighted by Crippen LogP contribution is -2.46. The number of carbonyl (C=O) groups excluding carboxylic acids is 3. The molecule has 0 aliphatic rings. The minimum Gasteiger partial charge on any atom is -0.463 e. The van der Waals surface area contributed by atoms with Crippen LogP contribution in [0.25, 0.3) is 0 Å². The average molecular weight is 297 g/mol. The molecule has 1 N–H and O–H groups in total. The monoisotopic (exact) mass is 297 g/mol. The van der Waals surface area contributed by atoms with E-state index >= 15 is 0 Å². The average Bonchev–Trinajstić information content (AvgIpc) is 2.85. The van der Waals surface area contributed by atoms with Crippen molar-refractivity contribution in [3.8, 4) is 0 Å². The van der Waals surface area contributed by atoms with Crippen LogP contribution in [0.15, 0.2) is 16.5 Å². The van der Waals surface area contributed by atoms with E-state index < -0.39 is 23.2 Å². The highest BCUT2D eigenvalue weighted by molar-refractivity contribution is 5.86. The predicted octanol–water partition coefficient (Wildman–Crippen LogP) is 2.00. The van der Waals surface area contributed by atoms with Crippen LogP contribution in [0.2, 0.25) is 0 Å². The molecule has 0 saturated heterocycles. The third-order valence-electron chi connectivity index (χ3n) is 2.50. The molecule has 1 unspecified atom stereocenters. The number of amides is 1. The quantitative estimate of drug-likeness (QED) is 0.674. The Labute approximate surface area is 122 Å². The highest BCUT2D eigenvalue weighted by atomic mass is 16.6. The van der Waals surface area contributed by atoms with E-state index in [1.165, 1.54) is 26.2 Å². The first-order chi connectivity index (χ1) is 9.61. The van der Waals surface area contributed by atoms with Crippen molar-refractivity contribution < 1.29 is 28.3 Å². The first-order valence-corrected chi connectivity index (χ1v) is 6.27. The number of hydrogen-bond acceptors (Lipinski definition) is 6. The fraction of sp³-hybridized carbons (Fsp3) is 0.500. The topological polar surface area (TPSA) is 94.8 Å². The van der Waals surface area contributed by atoms with Gasteiger partial charge < -0.3 is 24.0 Å². The molecule has 0 saturated carbocycles. The van der Waals surface area contributed by atoms with Crippen molar-refractivity contribution in [3.05, 3.63) is 23.7 Å². The Kier molecular flexibility index (Phi) is 4.77. The Bertz CT molecular complexity index is 542. The summed E-state index contributed by atoms with van der Waals surface area (Å²) in [5.41, 5.74) is -2.15. The molecule has 1 heterocycles. The number of rotatable bonds is 4. The van der Waals surface area contributed by atoms with Crippen molar-refractivity contribution in [2.45, 2.75) is 38.8 Å². The molecular weight excluding hydrogens is 278 g/mol. The Morgan fingerprint density at radius 1 is 1.24 bits per heavy atom. The van der Waals surface area contributed by atoms with Gasteiger partial charge in [-0.3, -0.25) is 0 Å². The molecule has 0 aromatic carbocycles. The smallest absolute Gasteiger partial charge is 0.408 e. The number of hydrogen-bond donors (Lipinski definition) is 1. The van der Waals surface area contributed by atoms with Gasteiger partial charge in [0.25, 0.3) is 0 Å². The fourth-order valence-corrected chi connectivity index (χ4v) is 1.49. The van der Waals surface area contributed by atoms with Crippen molar-refractivity contribution in [3.63, 3.8) is 0 Å². The maximum absolute atomic E-state index is 11.8. The lowest BCUT2D eigenvalue weighted by molar-refractivity contribution is -0.113. The second kappa shape index (κ2) is 5.99. The summed E-state index contributed by atoms with van der Waals surface area (Å²) in [6.07, 6.45) is -0.273. The number of nitrogens with one attached hydrogen (secondary N) is 1. The van der Waals surface area contributed by atoms with Gasteiger partial charge in [-0.2, -0.15) is 0 Å². The number of carbonyl (C=O) groups is 3. The maximum Gasteiger partial charge on any atom is 0.408 e. The number of ether oxygens (including phenoxy) is 2. The van der Waals surface area contributed by atoms with Crippen molar-refractivity contribution in [1.82, 2.24) is 5.32 Å². The Morgan fingerprint density at radius 2 is 1.86 bits per heavy atom. The van der Waals surface area contributed by atoms with E-state index in [1.54, 1.807) is 20.8 Å². The van der Waals surface area contributed by atoms with Crippen molar-refractivity contribution >= 4 is 18.3 Å². The molecule has 116 valence electrons. The van der Waals surface area contributed by atoms with Gasteiger partial charge in [0.15, 0.2) is 11.8 Å². The lowest BCUT2D eigenvalue weighted by atomic mass is 10.0. The molecule has 0 bridgehead atoms. The largest absolute Gasteiger partial charge is 0.463 e. The summed E-state index contributed by atoms with van der Waals surface area (Å²) in [7, 11) is 1.21. The molecular formula is C14H19NO6. The van der Waals surface area contributed by atoms with Gasteiger partial charge in [-0.25, -0.2) is 9.59 Å². The molecule has 0 aliphatic heterocycles. The van der Waals surface area contributed by atoms with Gasteiger partial charge >= 0.3 is 12.1 Å². The van der Waals surface area contributed by atoms with Crippen LogP contribution in [0, 0.1) is 0 Å². The fourth-order valence-electron chi connectivity index (χ4n) is 1.49. The van der Waals surface area contributed by atoms with Crippen LogP contribution < -0.4 is 5.32 Å². The Hall–Kier alpha value is -2.31. The van der Waals surface area contributed by atoms with E-state index in [9.17, 15) is 14.4 Å². The van der Waals surface area contributed by atoms with E-state index in [0.29, 0.717) is 6.29 Å². The first-order valence-electron chi connectivity index (χ1n) is 6.27. The number of esters is 1. The van der Waals surface area contributed by atoms with Crippen LogP contribution in [-0.2, 0) is 19.8 Å². The summed E-state index contributed by atoms with van der Waals surface area (Å²) in [6, 6.07) is 2.78. The zero-order valence-electron chi connectivity index (χ0n) is 12.7. The molecule has 1 atom stereocenters. The van der Waals surface area contributed by atoms with E-state index in [2.05, 4.69) is 10.1 Å². The second-order valence-electron chi connectivity index (χ2n) is 5.60. The maximum atomic E-state index is 11.8. The molecule has 7 nitrogen and oxygen atoms in total. The Morgan fingerprint density at radius 3 is 2.33 bits per heavy atom. The number of alkyl carbamates (subject to hydrolysis) is 1. The first kappa shape index (κ1) is 16.7. The Balaban J connectivity index is 2.94. The molecule has 1 rings (SSSR count). The minimum absolute atomic E-state index is 0.0634. The van der Waals surface area contributed by atoms with Crippen LogP contribution in [0.4, 0.5) is 4.79 Å². The number of aldehydes is 1. The van der Waals surface area contributed by atoms with Gasteiger partial charge in [0.1, 0.15) is 11.4 Å². The molecule has 0 spiro atoms. The SMILES string of the molecule is COC(=O)c1ccc(C(C)(C=O)NC(=O)OC(C)(C)C)o1. The summed E-state index contributed by atoms with van der Waals surface area (Å²) in [6.45, 7) is 6.54. The van der Waals surface area contributed by atoms with Crippen molar-refractivity contribution in [2.24, 2.45) is 0 Å². The summed E-state index contributed by atoms with van der Waals surface area (Å²) < 4.78 is 14.8. The summed E-state index contributed by atoms with van der Waals surface area (Å²) >= 11 is 0. The third kappa shape index (κ3) is 4.34. The summed E-state index contributed by atoms with van der Waals surface area (Å²) in [5, 5.41) is 2.41. The zero-order chi connectivity index (χ0) is 16.3. The summed E-state index contributed by atoms with van der Waals surface area (Å²) in [4.78, 5) is 34.4. The van der Waals surface area contributed by atoms with E-state index in [0.717, 1.165) is 0 Å². The molecule has 1 amide bonds. The lowest BCUT2D eigenvalue weighted by Gasteiger charge is -2.26. The molecule has 0 radical (unpaired) electrons. The standard InChI is InChI=1S/C14H19NO6/c1-13(2,3)21-12(18)15-14(4,8-16)10-7-6-9(20-10)11(17)19-5/h6-8H,1-5H3,(H,15,18). The van der Waals surface area contributed by atoms with Crippen LogP contribution >= 0.6 is 0 Å². The van der Waals surface area contributed by atoms with Gasteiger partial charge in [0, 0.05) is 0 Å². The predicted molar refractivity (Wildman–Crippen MR) is 72.8 cm³/mol. The number of methoxy groups -OCH3 is 1. The van der Waals surface area contributed by atoms with Crippen molar-refractivity contribution in [2.75, 3.05) is 7.11 Å². The van der Waals surface area contributed by atoms with Crippen molar-refractivity contribution in [1.29, 1.82) is 0 Å². The molecule has 1 aromatic rings. The zero-order valence-corrected chi connectivity index (χ0v) is 12.7. The second-order valence-corrected chi connectivity index (χ2v) is 5.60. The van der Waals surface area contributed by atoms with Gasteiger partial charge in [-0.15, -0.1) is 0 Å². The number of furan rings is 1. The van der Waals surface area contributed by atoms with Gasteiger partial charge in [-0.1, -0.05) is 0 Å². The van der Waals surface area contributed by atoms with E-state index in [4.69, 9.17) is 9.15 Å². The molecule has 0 fully saturated rings. The highest BCUT2D eigenvalue weighted by Crippen LogP contribution is 2.22. The van der Waals surface area contributed by atoms with Gasteiger partial charge in [0.2, 0.25) is 5.76 Å². The molecule has 0 aliphatic carbocycles. The molecule has 7 heteroatoms. The van der Waals surface area contributed by atoms with Crippen LogP contribution in [-0.4, -0.2) is 31.1 Å². The van der Waals surface area contributed by atoms with Crippen LogP contribution in [0.1, 0.15) is 44.0 Å². The minimum atomic E-state index is -1.45. The third-order valence-corrected chi connectivity index (χ3v) is 2.50. The summed E-state index contributed by atoms with van der Waals surface area (Å²) in [5.74, 6) is -0.637. The molecule has 21 heavy (non-hydrogen) atoms. The van der Waals surface area contributed by atoms with Gasteiger partial charge in [-0.05, 0) is 39.8 Å². The highest BCUT2D eigenvalue weighted by Gasteiger charge is 2.34. The van der Waals surface area contributed by atoms with Crippen LogP contribution in [0.5, 0.6) is 0 Å².